The molecule has 0 heterocycles. The normalized spacial score (nSPS) is 18.9. The molecule has 0 nitrogen and oxygen atoms in total. The van der Waals surface area contributed by atoms with Crippen LogP contribution in [-0.2, 0) is 34.8 Å². The minimum Gasteiger partial charge on any atom is -0.147 e. The number of rotatable bonds is 6. The van der Waals surface area contributed by atoms with Gasteiger partial charge in [-0.15, -0.1) is 49.6 Å². The van der Waals surface area contributed by atoms with Crippen molar-refractivity contribution in [3.05, 3.63) is 212 Å². The Morgan fingerprint density at radius 1 is 0.343 bits per heavy atom. The summed E-state index contributed by atoms with van der Waals surface area (Å²) >= 11 is -7.01. The minimum atomic E-state index is -3.54. The molecule has 0 saturated heterocycles. The summed E-state index contributed by atoms with van der Waals surface area (Å²) in [5, 5.41) is 11.4. The summed E-state index contributed by atoms with van der Waals surface area (Å²) in [6.45, 7) is 14.4. The van der Waals surface area contributed by atoms with Crippen molar-refractivity contribution in [3.8, 4) is 0 Å². The molecule has 0 fully saturated rings. The molecule has 0 bridgehead atoms. The Hall–Kier alpha value is -2.88. The monoisotopic (exact) mass is 1190 g/mol. The van der Waals surface area contributed by atoms with Gasteiger partial charge >= 0.3 is 402 Å². The van der Waals surface area contributed by atoms with E-state index in [1.807, 2.05) is 0 Å². The summed E-state index contributed by atoms with van der Waals surface area (Å²) in [6.07, 6.45) is 12.3. The minimum absolute atomic E-state index is 0. The number of hydrogen-bond donors (Lipinski definition) is 0. The molecule has 4 atom stereocenters. The van der Waals surface area contributed by atoms with Gasteiger partial charge in [0.05, 0.1) is 0 Å². The van der Waals surface area contributed by atoms with Crippen LogP contribution in [0.25, 0.3) is 67.4 Å². The maximum Gasteiger partial charge on any atom is -0.147 e. The first-order valence-corrected chi connectivity index (χ1v) is 51.9. The Morgan fingerprint density at radius 3 is 0.871 bits per heavy atom. The third-order valence-electron chi connectivity index (χ3n) is 16.9. The Bertz CT molecular complexity index is 3470. The van der Waals surface area contributed by atoms with Gasteiger partial charge in [-0.25, -0.2) is 0 Å². The standard InChI is InChI=1S/2C15H13.2C14H11.4CH3.4ClH.2H2Si.2Zr/c2*1-2-11-9-13-8-7-12-5-3-4-6-14(12)15(13)10-11;2*1-10-8-12-7-6-11-4-2-3-5-13(11)14(12)9-10;;;;;;;;;;;;/h2*3-10H,2H2,1H3;2*2-9H,1H3;4*1H3;4*1H;2*1H2;;. The van der Waals surface area contributed by atoms with Gasteiger partial charge in [-0.2, -0.15) is 0 Å². The first-order valence-electron chi connectivity index (χ1n) is 24.6. The third-order valence-corrected chi connectivity index (χ3v) is 52.1. The van der Waals surface area contributed by atoms with Crippen molar-refractivity contribution in [2.45, 2.75) is 73.6 Å². The van der Waals surface area contributed by atoms with E-state index in [9.17, 15) is 0 Å². The summed E-state index contributed by atoms with van der Waals surface area (Å²) < 4.78 is 13.3. The van der Waals surface area contributed by atoms with Gasteiger partial charge in [-0.05, 0) is 0 Å². The smallest absolute Gasteiger partial charge is 0.147 e. The molecule has 8 aromatic carbocycles. The maximum atomic E-state index is 2.77. The molecule has 8 aromatic rings. The number of halogens is 4. The van der Waals surface area contributed by atoms with Gasteiger partial charge in [0, 0.05) is 0 Å². The van der Waals surface area contributed by atoms with E-state index in [0.717, 1.165) is 12.8 Å². The van der Waals surface area contributed by atoms with Crippen molar-refractivity contribution < 1.29 is 34.8 Å². The van der Waals surface area contributed by atoms with Crippen molar-refractivity contribution in [1.82, 2.24) is 0 Å². The molecule has 0 radical (unpaired) electrons. The Labute approximate surface area is 446 Å². The van der Waals surface area contributed by atoms with Crippen molar-refractivity contribution in [2.75, 3.05) is 0 Å². The van der Waals surface area contributed by atoms with E-state index in [-0.39, 0.29) is 49.6 Å². The first kappa shape index (κ1) is 54.9. The maximum absolute atomic E-state index is 3.54. The van der Waals surface area contributed by atoms with Crippen molar-refractivity contribution in [2.24, 2.45) is 0 Å². The van der Waals surface area contributed by atoms with Crippen LogP contribution in [0.5, 0.6) is 0 Å². The summed E-state index contributed by atoms with van der Waals surface area (Å²) in [6, 6.07) is 54.9. The van der Waals surface area contributed by atoms with Gasteiger partial charge in [0.1, 0.15) is 0 Å². The number of hydrogen-bond acceptors (Lipinski definition) is 0. The van der Waals surface area contributed by atoms with E-state index >= 15 is 0 Å². The Balaban J connectivity index is 0.000000195. The van der Waals surface area contributed by atoms with Gasteiger partial charge < -0.3 is 0 Å². The van der Waals surface area contributed by atoms with E-state index in [2.05, 4.69) is 230 Å². The molecule has 8 heteroatoms. The fraction of sp³-hybridized carbons (Fsp3) is 0.226. The van der Waals surface area contributed by atoms with Crippen LogP contribution in [0.2, 0.25) is 18.5 Å². The molecule has 0 aliphatic heterocycles. The molecule has 4 aliphatic rings. The molecule has 70 heavy (non-hydrogen) atoms. The number of allylic oxidation sites excluding steroid dienone is 4. The van der Waals surface area contributed by atoms with Crippen LogP contribution < -0.4 is 0 Å². The summed E-state index contributed by atoms with van der Waals surface area (Å²) in [4.78, 5) is 0. The molecule has 4 unspecified atom stereocenters. The Morgan fingerprint density at radius 2 is 0.586 bits per heavy atom. The summed E-state index contributed by atoms with van der Waals surface area (Å²) in [7, 11) is 0. The largest absolute Gasteiger partial charge is 0.147 e. The van der Waals surface area contributed by atoms with Crippen LogP contribution in [0.3, 0.4) is 0 Å². The molecule has 12 rings (SSSR count). The van der Waals surface area contributed by atoms with Crippen LogP contribution in [-0.4, -0.2) is 13.8 Å². The van der Waals surface area contributed by atoms with Crippen LogP contribution in [0.4, 0.5) is 0 Å². The quantitative estimate of drug-likeness (QED) is 0.146. The van der Waals surface area contributed by atoms with Crippen molar-refractivity contribution >= 4 is 131 Å². The summed E-state index contributed by atoms with van der Waals surface area (Å²) in [5.74, 6) is 0. The second-order valence-corrected chi connectivity index (χ2v) is 83.6. The summed E-state index contributed by atoms with van der Waals surface area (Å²) in [5.41, 5.74) is 18.8. The van der Waals surface area contributed by atoms with Crippen LogP contribution in [0.15, 0.2) is 168 Å². The molecule has 4 aliphatic carbocycles. The number of benzene rings is 8. The molecule has 360 valence electrons. The van der Waals surface area contributed by atoms with Gasteiger partial charge in [0.2, 0.25) is 0 Å². The van der Waals surface area contributed by atoms with E-state index in [4.69, 9.17) is 0 Å². The molecular weight excluding hydrogens is 1130 g/mol. The second kappa shape index (κ2) is 19.8. The average molecular weight is 1190 g/mol. The van der Waals surface area contributed by atoms with Crippen molar-refractivity contribution in [1.29, 1.82) is 0 Å². The SMILES string of the molecule is CC1=Cc2ccc3ccccc3c2[CH]1[Zr]([CH3])([CH3])(=[SiH2])[CH]1C(C)=Cc2ccc3ccccc3c21.CCC1=Cc2ccc3ccccc3c2[CH]1[Zr]([CH3])([CH3])(=[SiH2])[CH]1C(CC)=Cc2ccc3ccccc3c21.Cl.Cl.Cl.Cl. The Kier molecular flexibility index (Phi) is 15.5. The fourth-order valence-corrected chi connectivity index (χ4v) is 55.7. The third kappa shape index (κ3) is 8.53. The predicted molar refractivity (Wildman–Crippen MR) is 320 cm³/mol. The van der Waals surface area contributed by atoms with E-state index in [1.165, 1.54) is 65.3 Å². The average Bonchev–Trinajstić information content (AvgIpc) is 4.09. The zero-order valence-corrected chi connectivity index (χ0v) is 52.9. The van der Waals surface area contributed by atoms with Crippen LogP contribution in [0.1, 0.15) is 99.5 Å². The topological polar surface area (TPSA) is 0 Å². The van der Waals surface area contributed by atoms with Gasteiger partial charge in [0.15, 0.2) is 0 Å². The molecule has 0 spiro atoms. The van der Waals surface area contributed by atoms with E-state index in [1.54, 1.807) is 44.5 Å². The zero-order chi connectivity index (χ0) is 46.0. The first-order chi connectivity index (χ1) is 31.6. The van der Waals surface area contributed by atoms with Gasteiger partial charge in [0.25, 0.3) is 0 Å². The second-order valence-electron chi connectivity index (χ2n) is 22.7. The van der Waals surface area contributed by atoms with Gasteiger partial charge in [-0.3, -0.25) is 0 Å². The molecule has 0 saturated carbocycles. The predicted octanol–water partition coefficient (Wildman–Crippen LogP) is 18.4. The fourth-order valence-electron chi connectivity index (χ4n) is 14.6. The molecule has 0 amide bonds. The molecular formula is C62H68Cl4Si2Zr2. The van der Waals surface area contributed by atoms with Crippen molar-refractivity contribution in [3.63, 3.8) is 0 Å². The van der Waals surface area contributed by atoms with Crippen LogP contribution in [0, 0.1) is 0 Å². The number of fused-ring (bicyclic) bond motifs is 12. The zero-order valence-electron chi connectivity index (χ0n) is 41.9. The van der Waals surface area contributed by atoms with E-state index < -0.39 is 34.8 Å². The molecule has 0 N–H and O–H groups in total. The molecule has 0 aromatic heterocycles. The van der Waals surface area contributed by atoms with E-state index in [0.29, 0.717) is 14.5 Å². The van der Waals surface area contributed by atoms with Gasteiger partial charge in [-0.1, -0.05) is 0 Å². The van der Waals surface area contributed by atoms with Crippen LogP contribution >= 0.6 is 49.6 Å².